The molecule has 0 unspecified atom stereocenters. The van der Waals surface area contributed by atoms with Gasteiger partial charge >= 0.3 is 0 Å². The number of nitrogens with one attached hydrogen (secondary N) is 3. The highest BCUT2D eigenvalue weighted by molar-refractivity contribution is 6.34. The number of likely N-dealkylation sites (tertiary alicyclic amines) is 1. The highest BCUT2D eigenvalue weighted by Gasteiger charge is 2.20. The molecule has 0 atom stereocenters. The molecule has 0 radical (unpaired) electrons. The van der Waals surface area contributed by atoms with Crippen LogP contribution in [0.2, 0.25) is 5.02 Å². The molecule has 1 aliphatic rings. The van der Waals surface area contributed by atoms with Gasteiger partial charge in [0.2, 0.25) is 0 Å². The van der Waals surface area contributed by atoms with Gasteiger partial charge in [0.05, 0.1) is 35.0 Å². The number of carbonyl (C=O) groups excluding carboxylic acids is 1. The molecular formula is C24H25ClN8O2. The Balaban J connectivity index is 1.26. The van der Waals surface area contributed by atoms with Crippen LogP contribution in [0.1, 0.15) is 12.8 Å². The fourth-order valence-corrected chi connectivity index (χ4v) is 4.17. The van der Waals surface area contributed by atoms with E-state index >= 15 is 0 Å². The first kappa shape index (κ1) is 23.0. The van der Waals surface area contributed by atoms with Gasteiger partial charge in [0, 0.05) is 11.6 Å². The summed E-state index contributed by atoms with van der Waals surface area (Å²) >= 11 is 6.49. The monoisotopic (exact) mass is 492 g/mol. The number of anilines is 2. The fourth-order valence-electron chi connectivity index (χ4n) is 3.98. The number of benzene rings is 1. The summed E-state index contributed by atoms with van der Waals surface area (Å²) in [5.74, 6) is 0.943. The molecule has 1 amide bonds. The van der Waals surface area contributed by atoms with Crippen LogP contribution in [0.4, 0.5) is 11.4 Å². The van der Waals surface area contributed by atoms with E-state index in [1.165, 1.54) is 18.7 Å². The van der Waals surface area contributed by atoms with Crippen molar-refractivity contribution in [2.24, 2.45) is 0 Å². The standard InChI is InChI=1S/C24H25ClN8O2/c1-33-8-6-16(7-9-33)30-21-19(25)12-28-24-22(21)31-23(32-24)15-2-4-18(5-3-15)35-13-20(34)29-17-10-26-14-27-11-17/h2-5,10-12,14,16H,6-9,13H2,1H3,(H,29,34)(H2,28,30,31,32). The van der Waals surface area contributed by atoms with Crippen LogP contribution in [0.3, 0.4) is 0 Å². The van der Waals surface area contributed by atoms with Crippen molar-refractivity contribution in [1.82, 2.24) is 29.8 Å². The normalized spacial score (nSPS) is 14.7. The molecule has 4 heterocycles. The number of pyridine rings is 1. The van der Waals surface area contributed by atoms with Crippen LogP contribution in [0.5, 0.6) is 5.75 Å². The summed E-state index contributed by atoms with van der Waals surface area (Å²) in [7, 11) is 2.14. The molecule has 4 aromatic rings. The average Bonchev–Trinajstić information content (AvgIpc) is 3.31. The van der Waals surface area contributed by atoms with Crippen LogP contribution >= 0.6 is 11.6 Å². The maximum atomic E-state index is 12.1. The summed E-state index contributed by atoms with van der Waals surface area (Å²) in [4.78, 5) is 34.6. The summed E-state index contributed by atoms with van der Waals surface area (Å²) in [5.41, 5.74) is 3.57. The molecule has 0 spiro atoms. The highest BCUT2D eigenvalue weighted by Crippen LogP contribution is 2.32. The number of carbonyl (C=O) groups is 1. The molecule has 0 saturated carbocycles. The topological polar surface area (TPSA) is 121 Å². The number of aromatic amines is 1. The first-order chi connectivity index (χ1) is 17.0. The Bertz CT molecular complexity index is 1300. The number of H-pyrrole nitrogens is 1. The SMILES string of the molecule is CN1CCC(Nc2c(Cl)cnc3[nH]c(-c4ccc(OCC(=O)Nc5cncnc5)cc4)nc23)CC1. The summed E-state index contributed by atoms with van der Waals surface area (Å²) in [6.07, 6.45) is 8.17. The van der Waals surface area contributed by atoms with E-state index in [-0.39, 0.29) is 12.5 Å². The summed E-state index contributed by atoms with van der Waals surface area (Å²) in [6, 6.07) is 7.68. The fraction of sp³-hybridized carbons (Fsp3) is 0.292. The Kier molecular flexibility index (Phi) is 6.73. The van der Waals surface area contributed by atoms with Gasteiger partial charge in [-0.25, -0.2) is 19.9 Å². The maximum absolute atomic E-state index is 12.1. The Morgan fingerprint density at radius 3 is 2.66 bits per heavy atom. The van der Waals surface area contributed by atoms with Gasteiger partial charge in [-0.3, -0.25) is 4.79 Å². The molecule has 3 N–H and O–H groups in total. The zero-order chi connectivity index (χ0) is 24.2. The molecule has 0 bridgehead atoms. The zero-order valence-electron chi connectivity index (χ0n) is 19.2. The number of ether oxygens (including phenoxy) is 1. The molecule has 5 rings (SSSR count). The van der Waals surface area contributed by atoms with E-state index in [0.29, 0.717) is 39.5 Å². The lowest BCUT2D eigenvalue weighted by Gasteiger charge is -2.30. The molecule has 0 aliphatic carbocycles. The summed E-state index contributed by atoms with van der Waals surface area (Å²) in [5, 5.41) is 6.81. The number of hydrogen-bond donors (Lipinski definition) is 3. The molecule has 35 heavy (non-hydrogen) atoms. The van der Waals surface area contributed by atoms with Crippen molar-refractivity contribution >= 4 is 40.0 Å². The van der Waals surface area contributed by atoms with Crippen molar-refractivity contribution in [2.45, 2.75) is 18.9 Å². The Labute approximate surface area is 207 Å². The van der Waals surface area contributed by atoms with Gasteiger partial charge in [-0.2, -0.15) is 0 Å². The van der Waals surface area contributed by atoms with Crippen molar-refractivity contribution in [3.8, 4) is 17.1 Å². The van der Waals surface area contributed by atoms with Crippen LogP contribution in [-0.2, 0) is 4.79 Å². The summed E-state index contributed by atoms with van der Waals surface area (Å²) < 4.78 is 5.59. The number of rotatable bonds is 7. The third kappa shape index (κ3) is 5.50. The second-order valence-electron chi connectivity index (χ2n) is 8.47. The molecule has 180 valence electrons. The molecule has 3 aromatic heterocycles. The first-order valence-corrected chi connectivity index (χ1v) is 11.7. The maximum Gasteiger partial charge on any atom is 0.262 e. The predicted octanol–water partition coefficient (Wildman–Crippen LogP) is 3.59. The third-order valence-corrected chi connectivity index (χ3v) is 6.16. The van der Waals surface area contributed by atoms with E-state index < -0.39 is 0 Å². The number of nitrogens with zero attached hydrogens (tertiary/aromatic N) is 5. The van der Waals surface area contributed by atoms with Gasteiger partial charge in [0.15, 0.2) is 12.3 Å². The average molecular weight is 493 g/mol. The van der Waals surface area contributed by atoms with Crippen LogP contribution in [0.25, 0.3) is 22.6 Å². The number of hydrogen-bond acceptors (Lipinski definition) is 8. The quantitative estimate of drug-likeness (QED) is 0.358. The lowest BCUT2D eigenvalue weighted by atomic mass is 10.1. The second kappa shape index (κ2) is 10.2. The number of halogens is 1. The van der Waals surface area contributed by atoms with Crippen molar-refractivity contribution in [3.63, 3.8) is 0 Å². The number of fused-ring (bicyclic) bond motifs is 1. The molecule has 1 saturated heterocycles. The minimum atomic E-state index is -0.297. The third-order valence-electron chi connectivity index (χ3n) is 5.88. The van der Waals surface area contributed by atoms with E-state index in [1.807, 2.05) is 12.1 Å². The van der Waals surface area contributed by atoms with Crippen LogP contribution in [0, 0.1) is 0 Å². The van der Waals surface area contributed by atoms with Gasteiger partial charge in [0.1, 0.15) is 23.4 Å². The number of piperidine rings is 1. The van der Waals surface area contributed by atoms with Crippen LogP contribution in [-0.4, -0.2) is 68.5 Å². The first-order valence-electron chi connectivity index (χ1n) is 11.3. The Hall–Kier alpha value is -3.76. The lowest BCUT2D eigenvalue weighted by molar-refractivity contribution is -0.118. The van der Waals surface area contributed by atoms with Crippen LogP contribution < -0.4 is 15.4 Å². The van der Waals surface area contributed by atoms with E-state index in [0.717, 1.165) is 37.2 Å². The van der Waals surface area contributed by atoms with Crippen molar-refractivity contribution in [1.29, 1.82) is 0 Å². The molecular weight excluding hydrogens is 468 g/mol. The number of imidazole rings is 1. The van der Waals surface area contributed by atoms with Gasteiger partial charge in [-0.1, -0.05) is 11.6 Å². The predicted molar refractivity (Wildman–Crippen MR) is 135 cm³/mol. The number of aromatic nitrogens is 5. The van der Waals surface area contributed by atoms with E-state index in [2.05, 4.69) is 42.5 Å². The Morgan fingerprint density at radius 2 is 1.91 bits per heavy atom. The molecule has 11 heteroatoms. The van der Waals surface area contributed by atoms with Crippen LogP contribution in [0.15, 0.2) is 49.2 Å². The van der Waals surface area contributed by atoms with Gasteiger partial charge in [0.25, 0.3) is 5.91 Å². The minimum absolute atomic E-state index is 0.132. The minimum Gasteiger partial charge on any atom is -0.484 e. The highest BCUT2D eigenvalue weighted by atomic mass is 35.5. The molecule has 1 aliphatic heterocycles. The lowest BCUT2D eigenvalue weighted by Crippen LogP contribution is -2.36. The zero-order valence-corrected chi connectivity index (χ0v) is 19.9. The van der Waals surface area contributed by atoms with E-state index in [1.54, 1.807) is 18.3 Å². The molecule has 1 fully saturated rings. The molecule has 1 aromatic carbocycles. The number of amides is 1. The largest absolute Gasteiger partial charge is 0.484 e. The smallest absolute Gasteiger partial charge is 0.262 e. The van der Waals surface area contributed by atoms with Crippen molar-refractivity contribution in [3.05, 3.63) is 54.2 Å². The van der Waals surface area contributed by atoms with Gasteiger partial charge in [-0.15, -0.1) is 0 Å². The van der Waals surface area contributed by atoms with E-state index in [9.17, 15) is 4.79 Å². The van der Waals surface area contributed by atoms with Gasteiger partial charge in [-0.05, 0) is 57.2 Å². The van der Waals surface area contributed by atoms with Gasteiger partial charge < -0.3 is 25.3 Å². The molecule has 10 nitrogen and oxygen atoms in total. The Morgan fingerprint density at radius 1 is 1.17 bits per heavy atom. The second-order valence-corrected chi connectivity index (χ2v) is 8.88. The summed E-state index contributed by atoms with van der Waals surface area (Å²) in [6.45, 7) is 1.96. The van der Waals surface area contributed by atoms with Crippen molar-refractivity contribution < 1.29 is 9.53 Å². The van der Waals surface area contributed by atoms with Crippen molar-refractivity contribution in [2.75, 3.05) is 37.4 Å². The van der Waals surface area contributed by atoms with E-state index in [4.69, 9.17) is 21.3 Å².